The van der Waals surface area contributed by atoms with Crippen LogP contribution in [-0.4, -0.2) is 11.3 Å². The smallest absolute Gasteiger partial charge is 0.184 e. The van der Waals surface area contributed by atoms with E-state index in [1.54, 1.807) is 18.2 Å². The number of hydrazone groups is 1. The second-order valence-electron chi connectivity index (χ2n) is 2.69. The Morgan fingerprint density at radius 2 is 2.33 bits per heavy atom. The first-order valence-corrected chi connectivity index (χ1v) is 4.42. The number of nitrogens with one attached hydrogen (secondary N) is 1. The first-order valence-electron chi connectivity index (χ1n) is 4.01. The topological polar surface area (TPSA) is 100 Å². The van der Waals surface area contributed by atoms with Crippen LogP contribution in [0, 0.1) is 11.3 Å². The number of anilines is 1. The quantitative estimate of drug-likeness (QED) is 0.287. The average Bonchev–Trinajstić information content (AvgIpc) is 2.20. The van der Waals surface area contributed by atoms with Gasteiger partial charge in [0.05, 0.1) is 11.8 Å². The lowest BCUT2D eigenvalue weighted by Gasteiger charge is -1.98. The van der Waals surface area contributed by atoms with Crippen LogP contribution in [0.1, 0.15) is 11.1 Å². The van der Waals surface area contributed by atoms with Crippen LogP contribution in [-0.2, 0) is 0 Å². The molecule has 0 amide bonds. The number of hydrogen-bond acceptors (Lipinski definition) is 4. The van der Waals surface area contributed by atoms with Crippen molar-refractivity contribution in [2.75, 3.05) is 5.73 Å². The van der Waals surface area contributed by atoms with E-state index >= 15 is 0 Å². The molecule has 0 aliphatic heterocycles. The highest BCUT2D eigenvalue weighted by Gasteiger charge is 1.97. The van der Waals surface area contributed by atoms with Gasteiger partial charge in [-0.05, 0) is 29.9 Å². The van der Waals surface area contributed by atoms with Crippen molar-refractivity contribution in [3.8, 4) is 6.07 Å². The van der Waals surface area contributed by atoms with Crippen LogP contribution in [0.3, 0.4) is 0 Å². The van der Waals surface area contributed by atoms with E-state index in [1.165, 1.54) is 6.21 Å². The predicted octanol–water partition coefficient (Wildman–Crippen LogP) is 0.308. The fraction of sp³-hybridized carbons (Fsp3) is 0. The molecule has 6 heteroatoms. The van der Waals surface area contributed by atoms with Crippen LogP contribution in [0.4, 0.5) is 5.69 Å². The third-order valence-corrected chi connectivity index (χ3v) is 1.68. The monoisotopic (exact) mass is 219 g/mol. The molecule has 0 aromatic heterocycles. The fourth-order valence-electron chi connectivity index (χ4n) is 0.921. The van der Waals surface area contributed by atoms with Gasteiger partial charge < -0.3 is 11.5 Å². The molecule has 0 saturated heterocycles. The Balaban J connectivity index is 2.84. The molecule has 0 fully saturated rings. The zero-order valence-corrected chi connectivity index (χ0v) is 8.58. The molecule has 0 aliphatic carbocycles. The van der Waals surface area contributed by atoms with E-state index < -0.39 is 0 Å². The first kappa shape index (κ1) is 10.9. The molecule has 0 aliphatic rings. The number of nitrogen functional groups attached to an aromatic ring is 1. The maximum Gasteiger partial charge on any atom is 0.184 e. The highest BCUT2D eigenvalue weighted by molar-refractivity contribution is 7.80. The van der Waals surface area contributed by atoms with Crippen molar-refractivity contribution < 1.29 is 0 Å². The summed E-state index contributed by atoms with van der Waals surface area (Å²) in [5.74, 6) is 0. The molecule has 0 heterocycles. The molecule has 0 spiro atoms. The number of nitrogens with two attached hydrogens (primary N) is 2. The first-order chi connectivity index (χ1) is 7.13. The Morgan fingerprint density at radius 1 is 1.60 bits per heavy atom. The van der Waals surface area contributed by atoms with E-state index in [1.807, 2.05) is 6.07 Å². The molecule has 1 aromatic carbocycles. The predicted molar refractivity (Wildman–Crippen MR) is 63.1 cm³/mol. The molecule has 0 radical (unpaired) electrons. The molecule has 5 N–H and O–H groups in total. The Hall–Kier alpha value is -2.13. The maximum atomic E-state index is 8.73. The summed E-state index contributed by atoms with van der Waals surface area (Å²) in [6.45, 7) is 0. The second-order valence-corrected chi connectivity index (χ2v) is 3.13. The zero-order valence-electron chi connectivity index (χ0n) is 7.77. The van der Waals surface area contributed by atoms with Crippen molar-refractivity contribution in [2.45, 2.75) is 0 Å². The van der Waals surface area contributed by atoms with E-state index in [9.17, 15) is 0 Å². The van der Waals surface area contributed by atoms with Gasteiger partial charge in [-0.2, -0.15) is 10.4 Å². The molecule has 76 valence electrons. The van der Waals surface area contributed by atoms with Crippen molar-refractivity contribution in [3.63, 3.8) is 0 Å². The van der Waals surface area contributed by atoms with Crippen LogP contribution in [0.2, 0.25) is 0 Å². The fourth-order valence-corrected chi connectivity index (χ4v) is 0.974. The Morgan fingerprint density at radius 3 is 2.93 bits per heavy atom. The maximum absolute atomic E-state index is 8.73. The Kier molecular flexibility index (Phi) is 3.60. The number of nitriles is 1. The van der Waals surface area contributed by atoms with Crippen LogP contribution < -0.4 is 16.9 Å². The summed E-state index contributed by atoms with van der Waals surface area (Å²) in [6, 6.07) is 6.98. The highest BCUT2D eigenvalue weighted by Crippen LogP contribution is 2.11. The van der Waals surface area contributed by atoms with Crippen LogP contribution in [0.15, 0.2) is 23.3 Å². The highest BCUT2D eigenvalue weighted by atomic mass is 32.1. The van der Waals surface area contributed by atoms with Gasteiger partial charge in [-0.3, -0.25) is 5.43 Å². The van der Waals surface area contributed by atoms with E-state index in [-0.39, 0.29) is 5.11 Å². The summed E-state index contributed by atoms with van der Waals surface area (Å²) in [4.78, 5) is 0. The summed E-state index contributed by atoms with van der Waals surface area (Å²) in [5, 5.41) is 12.6. The van der Waals surface area contributed by atoms with Gasteiger partial charge in [0.25, 0.3) is 0 Å². The van der Waals surface area contributed by atoms with E-state index in [4.69, 9.17) is 16.7 Å². The zero-order chi connectivity index (χ0) is 11.3. The second kappa shape index (κ2) is 4.93. The Labute approximate surface area is 92.4 Å². The third kappa shape index (κ3) is 3.25. The normalized spacial score (nSPS) is 9.80. The lowest BCUT2D eigenvalue weighted by molar-refractivity contribution is 1.04. The average molecular weight is 219 g/mol. The molecule has 0 bridgehead atoms. The van der Waals surface area contributed by atoms with Gasteiger partial charge in [0.1, 0.15) is 6.07 Å². The summed E-state index contributed by atoms with van der Waals surface area (Å²) >= 11 is 4.56. The van der Waals surface area contributed by atoms with Gasteiger partial charge >= 0.3 is 0 Å². The molecule has 1 rings (SSSR count). The summed E-state index contributed by atoms with van der Waals surface area (Å²) in [6.07, 6.45) is 1.50. The number of thiocarbonyl (C=S) groups is 1. The number of benzene rings is 1. The lowest BCUT2D eigenvalue weighted by atomic mass is 10.1. The molecular formula is C9H9N5S. The minimum atomic E-state index is 0.0854. The van der Waals surface area contributed by atoms with Crippen molar-refractivity contribution in [3.05, 3.63) is 29.3 Å². The molecule has 0 saturated carbocycles. The van der Waals surface area contributed by atoms with Gasteiger partial charge in [0, 0.05) is 5.69 Å². The van der Waals surface area contributed by atoms with E-state index in [0.717, 1.165) is 5.56 Å². The Bertz CT molecular complexity index is 446. The van der Waals surface area contributed by atoms with Gasteiger partial charge in [0.2, 0.25) is 0 Å². The van der Waals surface area contributed by atoms with Crippen molar-refractivity contribution in [1.82, 2.24) is 5.43 Å². The minimum Gasteiger partial charge on any atom is -0.398 e. The van der Waals surface area contributed by atoms with Crippen LogP contribution in [0.5, 0.6) is 0 Å². The summed E-state index contributed by atoms with van der Waals surface area (Å²) in [5.41, 5.74) is 14.7. The minimum absolute atomic E-state index is 0.0854. The molecule has 1 aromatic rings. The third-order valence-electron chi connectivity index (χ3n) is 1.59. The van der Waals surface area contributed by atoms with Gasteiger partial charge in [0.15, 0.2) is 5.11 Å². The van der Waals surface area contributed by atoms with Crippen molar-refractivity contribution in [1.29, 1.82) is 5.26 Å². The molecule has 0 atom stereocenters. The number of hydrogen-bond donors (Lipinski definition) is 3. The van der Waals surface area contributed by atoms with Crippen LogP contribution >= 0.6 is 12.2 Å². The lowest BCUT2D eigenvalue weighted by Crippen LogP contribution is -2.23. The molecule has 15 heavy (non-hydrogen) atoms. The van der Waals surface area contributed by atoms with Crippen LogP contribution in [0.25, 0.3) is 0 Å². The van der Waals surface area contributed by atoms with E-state index in [2.05, 4.69) is 22.7 Å². The summed E-state index contributed by atoms with van der Waals surface area (Å²) in [7, 11) is 0. The standard InChI is InChI=1S/C9H9N5S/c10-4-7-3-6(1-2-8(7)11)5-13-14-9(12)15/h1-3,5H,11H2,(H3,12,14,15). The van der Waals surface area contributed by atoms with Gasteiger partial charge in [-0.25, -0.2) is 0 Å². The number of rotatable bonds is 2. The molecular weight excluding hydrogens is 210 g/mol. The van der Waals surface area contributed by atoms with E-state index in [0.29, 0.717) is 11.3 Å². The SMILES string of the molecule is N#Cc1cc(C=NNC(N)=S)ccc1N. The molecule has 5 nitrogen and oxygen atoms in total. The van der Waals surface area contributed by atoms with Crippen molar-refractivity contribution >= 4 is 29.2 Å². The van der Waals surface area contributed by atoms with Gasteiger partial charge in [-0.1, -0.05) is 6.07 Å². The summed E-state index contributed by atoms with van der Waals surface area (Å²) < 4.78 is 0. The molecule has 0 unspecified atom stereocenters. The van der Waals surface area contributed by atoms with Crippen molar-refractivity contribution in [2.24, 2.45) is 10.8 Å². The number of nitrogens with zero attached hydrogens (tertiary/aromatic N) is 2. The van der Waals surface area contributed by atoms with Gasteiger partial charge in [-0.15, -0.1) is 0 Å². The largest absolute Gasteiger partial charge is 0.398 e.